The van der Waals surface area contributed by atoms with Gasteiger partial charge in [0, 0.05) is 30.3 Å². The summed E-state index contributed by atoms with van der Waals surface area (Å²) < 4.78 is 18.9. The maximum atomic E-state index is 5.74. The molecule has 0 saturated heterocycles. The van der Waals surface area contributed by atoms with Crippen molar-refractivity contribution in [1.29, 1.82) is 0 Å². The van der Waals surface area contributed by atoms with Crippen LogP contribution in [0.2, 0.25) is 0 Å². The second-order valence-corrected chi connectivity index (χ2v) is 10.1. The van der Waals surface area contributed by atoms with Crippen molar-refractivity contribution >= 4 is 17.0 Å². The monoisotopic (exact) mass is 516 g/mol. The summed E-state index contributed by atoms with van der Waals surface area (Å²) >= 11 is 0. The molecule has 2 aromatic heterocycles. The van der Waals surface area contributed by atoms with E-state index in [0.717, 1.165) is 51.8 Å². The number of anilines is 1. The minimum atomic E-state index is 0.295. The molecule has 1 fully saturated rings. The van der Waals surface area contributed by atoms with Gasteiger partial charge in [0.2, 0.25) is 0 Å². The minimum Gasteiger partial charge on any atom is -0.497 e. The fourth-order valence-corrected chi connectivity index (χ4v) is 5.45. The van der Waals surface area contributed by atoms with Crippen LogP contribution in [0.25, 0.3) is 11.2 Å². The number of hydrogen-bond donors (Lipinski definition) is 0. The second-order valence-electron chi connectivity index (χ2n) is 10.1. The largest absolute Gasteiger partial charge is 0.497 e. The fraction of sp³-hybridized carbons (Fsp3) is 0.448. The number of ether oxygens (including phenoxy) is 3. The summed E-state index contributed by atoms with van der Waals surface area (Å²) in [6.45, 7) is 5.44. The lowest BCUT2D eigenvalue weighted by Gasteiger charge is -2.28. The van der Waals surface area contributed by atoms with Gasteiger partial charge >= 0.3 is 0 Å². The summed E-state index contributed by atoms with van der Waals surface area (Å²) in [6.07, 6.45) is 6.37. The third-order valence-corrected chi connectivity index (χ3v) is 7.58. The number of hydrogen-bond acceptors (Lipinski definition) is 8. The Morgan fingerprint density at radius 1 is 0.895 bits per heavy atom. The zero-order valence-corrected chi connectivity index (χ0v) is 22.8. The molecule has 2 heterocycles. The number of fused-ring (bicyclic) bond motifs is 1. The van der Waals surface area contributed by atoms with Gasteiger partial charge in [-0.2, -0.15) is 0 Å². The lowest BCUT2D eigenvalue weighted by molar-refractivity contribution is 0.241. The van der Waals surface area contributed by atoms with Crippen LogP contribution < -0.4 is 19.1 Å². The Balaban J connectivity index is 1.59. The van der Waals surface area contributed by atoms with Gasteiger partial charge in [-0.25, -0.2) is 14.6 Å². The van der Waals surface area contributed by atoms with Gasteiger partial charge in [-0.05, 0) is 49.4 Å². The van der Waals surface area contributed by atoms with Gasteiger partial charge in [0.15, 0.2) is 17.0 Å². The van der Waals surface area contributed by atoms with E-state index in [2.05, 4.69) is 52.2 Å². The lowest BCUT2D eigenvalue weighted by atomic mass is 9.86. The predicted molar refractivity (Wildman–Crippen MR) is 147 cm³/mol. The molecule has 1 aliphatic rings. The molecule has 2 aromatic carbocycles. The summed E-state index contributed by atoms with van der Waals surface area (Å²) in [6, 6.07) is 12.4. The van der Waals surface area contributed by atoms with Gasteiger partial charge in [0.25, 0.3) is 0 Å². The van der Waals surface area contributed by atoms with E-state index in [0.29, 0.717) is 30.6 Å². The van der Waals surface area contributed by atoms with Crippen LogP contribution in [0, 0.1) is 12.8 Å². The van der Waals surface area contributed by atoms with E-state index in [1.54, 1.807) is 27.7 Å². The van der Waals surface area contributed by atoms with Crippen molar-refractivity contribution in [3.8, 4) is 17.2 Å². The van der Waals surface area contributed by atoms with Gasteiger partial charge in [-0.3, -0.25) is 0 Å². The standard InChI is InChI=1S/C29H36N6O3/c1-19-10-11-21(25(14-19)37-4)16-34(17-22-12-13-23(36-3)15-26(22)38-5)28-27-29(31-18-30-28)35(33-32-27)24-9-7-6-8-20(24)2/h10-15,18,20,24H,6-9,16-17H2,1-5H3. The molecule has 2 atom stereocenters. The number of rotatable bonds is 9. The molecule has 1 saturated carbocycles. The van der Waals surface area contributed by atoms with Gasteiger partial charge in [-0.1, -0.05) is 37.1 Å². The Kier molecular flexibility index (Phi) is 7.62. The van der Waals surface area contributed by atoms with E-state index in [4.69, 9.17) is 19.2 Å². The highest BCUT2D eigenvalue weighted by atomic mass is 16.5. The first-order chi connectivity index (χ1) is 18.5. The third kappa shape index (κ3) is 5.10. The van der Waals surface area contributed by atoms with Crippen molar-refractivity contribution in [1.82, 2.24) is 25.0 Å². The summed E-state index contributed by atoms with van der Waals surface area (Å²) in [5.41, 5.74) is 4.66. The van der Waals surface area contributed by atoms with Crippen molar-refractivity contribution < 1.29 is 14.2 Å². The lowest BCUT2D eigenvalue weighted by Crippen LogP contribution is -2.25. The average molecular weight is 517 g/mol. The Hall–Kier alpha value is -3.88. The molecule has 38 heavy (non-hydrogen) atoms. The van der Waals surface area contributed by atoms with E-state index in [1.807, 2.05) is 22.9 Å². The molecule has 0 N–H and O–H groups in total. The van der Waals surface area contributed by atoms with E-state index >= 15 is 0 Å². The van der Waals surface area contributed by atoms with Crippen molar-refractivity contribution in [2.75, 3.05) is 26.2 Å². The van der Waals surface area contributed by atoms with Crippen LogP contribution in [0.3, 0.4) is 0 Å². The Morgan fingerprint density at radius 3 is 2.32 bits per heavy atom. The first-order valence-corrected chi connectivity index (χ1v) is 13.2. The van der Waals surface area contributed by atoms with Crippen LogP contribution in [0.15, 0.2) is 42.7 Å². The van der Waals surface area contributed by atoms with Crippen molar-refractivity contribution in [2.24, 2.45) is 5.92 Å². The van der Waals surface area contributed by atoms with E-state index < -0.39 is 0 Å². The summed E-state index contributed by atoms with van der Waals surface area (Å²) in [7, 11) is 5.03. The molecular weight excluding hydrogens is 480 g/mol. The van der Waals surface area contributed by atoms with Gasteiger partial charge in [0.1, 0.15) is 23.6 Å². The Labute approximate surface area is 223 Å². The quantitative estimate of drug-likeness (QED) is 0.288. The summed E-state index contributed by atoms with van der Waals surface area (Å²) in [5.74, 6) is 3.58. The molecule has 0 radical (unpaired) electrons. The van der Waals surface area contributed by atoms with Gasteiger partial charge < -0.3 is 19.1 Å². The molecular formula is C29H36N6O3. The predicted octanol–water partition coefficient (Wildman–Crippen LogP) is 5.51. The van der Waals surface area contributed by atoms with Crippen LogP contribution in [-0.4, -0.2) is 46.3 Å². The molecule has 2 unspecified atom stereocenters. The first kappa shape index (κ1) is 25.8. The van der Waals surface area contributed by atoms with Crippen LogP contribution in [0.1, 0.15) is 55.3 Å². The van der Waals surface area contributed by atoms with Crippen LogP contribution in [0.5, 0.6) is 17.2 Å². The Morgan fingerprint density at radius 2 is 1.61 bits per heavy atom. The van der Waals surface area contributed by atoms with E-state index in [9.17, 15) is 0 Å². The topological polar surface area (TPSA) is 87.4 Å². The normalized spacial score (nSPS) is 17.4. The molecule has 0 aliphatic heterocycles. The highest BCUT2D eigenvalue weighted by molar-refractivity contribution is 5.82. The smallest absolute Gasteiger partial charge is 0.184 e. The fourth-order valence-electron chi connectivity index (χ4n) is 5.45. The maximum Gasteiger partial charge on any atom is 0.184 e. The molecule has 0 spiro atoms. The molecule has 5 rings (SSSR count). The number of nitrogens with zero attached hydrogens (tertiary/aromatic N) is 6. The van der Waals surface area contributed by atoms with Gasteiger partial charge in [0.05, 0.1) is 27.4 Å². The minimum absolute atomic E-state index is 0.295. The Bertz CT molecular complexity index is 1400. The van der Waals surface area contributed by atoms with Crippen molar-refractivity contribution in [2.45, 2.75) is 58.7 Å². The summed E-state index contributed by atoms with van der Waals surface area (Å²) in [5, 5.41) is 9.22. The zero-order valence-electron chi connectivity index (χ0n) is 22.8. The molecule has 9 nitrogen and oxygen atoms in total. The maximum absolute atomic E-state index is 5.74. The highest BCUT2D eigenvalue weighted by Gasteiger charge is 2.28. The third-order valence-electron chi connectivity index (χ3n) is 7.58. The van der Waals surface area contributed by atoms with Crippen molar-refractivity contribution in [3.05, 3.63) is 59.4 Å². The zero-order chi connectivity index (χ0) is 26.6. The molecule has 9 heteroatoms. The van der Waals surface area contributed by atoms with Crippen LogP contribution in [-0.2, 0) is 13.1 Å². The number of methoxy groups -OCH3 is 3. The van der Waals surface area contributed by atoms with Gasteiger partial charge in [-0.15, -0.1) is 5.10 Å². The van der Waals surface area contributed by atoms with Crippen LogP contribution in [0.4, 0.5) is 5.82 Å². The number of benzene rings is 2. The SMILES string of the molecule is COc1ccc(CN(Cc2ccc(C)cc2OC)c2ncnc3c2nnn3C2CCCCC2C)c(OC)c1. The molecule has 0 amide bonds. The highest BCUT2D eigenvalue weighted by Crippen LogP contribution is 2.36. The second kappa shape index (κ2) is 11.2. The molecule has 200 valence electrons. The van der Waals surface area contributed by atoms with Crippen molar-refractivity contribution in [3.63, 3.8) is 0 Å². The average Bonchev–Trinajstić information content (AvgIpc) is 3.38. The first-order valence-electron chi connectivity index (χ1n) is 13.2. The number of aryl methyl sites for hydroxylation is 1. The van der Waals surface area contributed by atoms with Crippen LogP contribution >= 0.6 is 0 Å². The molecule has 1 aliphatic carbocycles. The molecule has 0 bridgehead atoms. The number of aromatic nitrogens is 5. The molecule has 4 aromatic rings. The summed E-state index contributed by atoms with van der Waals surface area (Å²) in [4.78, 5) is 11.6. The van der Waals surface area contributed by atoms with E-state index in [-0.39, 0.29) is 0 Å². The van der Waals surface area contributed by atoms with E-state index in [1.165, 1.54) is 19.3 Å².